The first-order valence-electron chi connectivity index (χ1n) is 5.95. The molecule has 0 aliphatic rings. The first-order valence-corrected chi connectivity index (χ1v) is 7.62. The Kier molecular flexibility index (Phi) is 4.71. The van der Waals surface area contributed by atoms with E-state index >= 15 is 0 Å². The third kappa shape index (κ3) is 4.14. The van der Waals surface area contributed by atoms with Crippen LogP contribution in [0.1, 0.15) is 30.5 Å². The van der Waals surface area contributed by atoms with E-state index in [0.29, 0.717) is 11.7 Å². The maximum atomic E-state index is 11.8. The highest BCUT2D eigenvalue weighted by Crippen LogP contribution is 2.21. The zero-order chi connectivity index (χ0) is 13.8. The number of hydrogen-bond donors (Lipinski definition) is 0. The Hall–Kier alpha value is -1.20. The molecule has 100 valence electrons. The van der Waals surface area contributed by atoms with Gasteiger partial charge >= 0.3 is 5.97 Å². The molecule has 0 spiro atoms. The zero-order valence-electron chi connectivity index (χ0n) is 10.7. The van der Waals surface area contributed by atoms with Gasteiger partial charge < -0.3 is 4.74 Å². The molecule has 0 fully saturated rings. The summed E-state index contributed by atoms with van der Waals surface area (Å²) in [5.74, 6) is 0.636. The van der Waals surface area contributed by atoms with Crippen molar-refractivity contribution >= 4 is 33.2 Å². The Morgan fingerprint density at radius 1 is 1.47 bits per heavy atom. The van der Waals surface area contributed by atoms with Gasteiger partial charge in [0.15, 0.2) is 0 Å². The van der Waals surface area contributed by atoms with Crippen molar-refractivity contribution < 1.29 is 9.53 Å². The van der Waals surface area contributed by atoms with E-state index in [1.165, 1.54) is 0 Å². The van der Waals surface area contributed by atoms with Crippen LogP contribution in [0.5, 0.6) is 5.75 Å². The second-order valence-electron chi connectivity index (χ2n) is 4.44. The van der Waals surface area contributed by atoms with Gasteiger partial charge in [-0.25, -0.2) is 4.98 Å². The summed E-state index contributed by atoms with van der Waals surface area (Å²) in [4.78, 5) is 16.2. The van der Waals surface area contributed by atoms with Crippen LogP contribution in [-0.2, 0) is 11.2 Å². The number of carbonyl (C=O) groups excluding carboxylic acids is 1. The van der Waals surface area contributed by atoms with Crippen LogP contribution in [0.4, 0.5) is 0 Å². The summed E-state index contributed by atoms with van der Waals surface area (Å²) >= 11 is 4.92. The Labute approximate surface area is 124 Å². The zero-order valence-corrected chi connectivity index (χ0v) is 13.1. The second kappa shape index (κ2) is 6.30. The van der Waals surface area contributed by atoms with Crippen molar-refractivity contribution in [2.75, 3.05) is 0 Å². The summed E-state index contributed by atoms with van der Waals surface area (Å²) in [7, 11) is 0. The third-order valence-corrected chi connectivity index (χ3v) is 4.10. The minimum atomic E-state index is -0.293. The molecular weight excluding hydrogens is 326 g/mol. The lowest BCUT2D eigenvalue weighted by molar-refractivity contribution is -0.133. The largest absolute Gasteiger partial charge is 0.426 e. The van der Waals surface area contributed by atoms with E-state index in [0.717, 1.165) is 15.2 Å². The number of thiazole rings is 1. The molecule has 3 nitrogen and oxygen atoms in total. The van der Waals surface area contributed by atoms with Crippen LogP contribution in [-0.4, -0.2) is 11.0 Å². The monoisotopic (exact) mass is 339 g/mol. The molecule has 2 rings (SSSR count). The fourth-order valence-electron chi connectivity index (χ4n) is 1.51. The van der Waals surface area contributed by atoms with Crippen LogP contribution in [0.2, 0.25) is 0 Å². The molecule has 0 saturated carbocycles. The maximum Gasteiger partial charge on any atom is 0.317 e. The Morgan fingerprint density at radius 2 is 2.26 bits per heavy atom. The van der Waals surface area contributed by atoms with Gasteiger partial charge in [-0.1, -0.05) is 35.8 Å². The van der Waals surface area contributed by atoms with Crippen molar-refractivity contribution in [3.63, 3.8) is 0 Å². The van der Waals surface area contributed by atoms with Gasteiger partial charge in [0, 0.05) is 15.8 Å². The highest BCUT2D eigenvalue weighted by molar-refractivity contribution is 9.10. The number of benzene rings is 1. The summed E-state index contributed by atoms with van der Waals surface area (Å²) < 4.78 is 6.15. The molecule has 2 aromatic rings. The summed E-state index contributed by atoms with van der Waals surface area (Å²) in [6.07, 6.45) is 0.204. The Morgan fingerprint density at radius 3 is 2.89 bits per heavy atom. The SMILES string of the molecule is CC(C)c1nc(CC(=O)Oc2cccc(Br)c2)cs1. The van der Waals surface area contributed by atoms with Crippen molar-refractivity contribution in [3.05, 3.63) is 44.8 Å². The summed E-state index contributed by atoms with van der Waals surface area (Å²) in [6.45, 7) is 4.17. The number of esters is 1. The lowest BCUT2D eigenvalue weighted by Gasteiger charge is -2.03. The molecule has 1 aromatic heterocycles. The number of halogens is 1. The van der Waals surface area contributed by atoms with Crippen molar-refractivity contribution in [1.29, 1.82) is 0 Å². The standard InChI is InChI=1S/C14H14BrNO2S/c1-9(2)14-16-11(8-19-14)7-13(17)18-12-5-3-4-10(15)6-12/h3-6,8-9H,7H2,1-2H3. The number of ether oxygens (including phenoxy) is 1. The highest BCUT2D eigenvalue weighted by atomic mass is 79.9. The van der Waals surface area contributed by atoms with Crippen LogP contribution < -0.4 is 4.74 Å². The van der Waals surface area contributed by atoms with Gasteiger partial charge in [-0.3, -0.25) is 4.79 Å². The number of carbonyl (C=O) groups is 1. The smallest absolute Gasteiger partial charge is 0.317 e. The molecule has 0 amide bonds. The molecule has 5 heteroatoms. The third-order valence-electron chi connectivity index (χ3n) is 2.42. The Bertz CT molecular complexity index is 580. The number of rotatable bonds is 4. The lowest BCUT2D eigenvalue weighted by Crippen LogP contribution is -2.11. The summed E-state index contributed by atoms with van der Waals surface area (Å²) in [5.41, 5.74) is 0.772. The molecule has 0 saturated heterocycles. The molecule has 1 heterocycles. The van der Waals surface area contributed by atoms with Crippen molar-refractivity contribution in [3.8, 4) is 5.75 Å². The van der Waals surface area contributed by atoms with Crippen LogP contribution >= 0.6 is 27.3 Å². The molecule has 0 aliphatic heterocycles. The van der Waals surface area contributed by atoms with E-state index in [9.17, 15) is 4.79 Å². The first-order chi connectivity index (χ1) is 9.04. The molecule has 0 unspecified atom stereocenters. The first kappa shape index (κ1) is 14.2. The van der Waals surface area contributed by atoms with Gasteiger partial charge in [-0.2, -0.15) is 0 Å². The predicted molar refractivity (Wildman–Crippen MR) is 79.7 cm³/mol. The van der Waals surface area contributed by atoms with E-state index < -0.39 is 0 Å². The van der Waals surface area contributed by atoms with Crippen LogP contribution in [0.25, 0.3) is 0 Å². The predicted octanol–water partition coefficient (Wildman–Crippen LogP) is 4.18. The summed E-state index contributed by atoms with van der Waals surface area (Å²) in [6, 6.07) is 7.22. The number of nitrogens with zero attached hydrogens (tertiary/aromatic N) is 1. The van der Waals surface area contributed by atoms with E-state index in [2.05, 4.69) is 34.8 Å². The molecule has 1 aromatic carbocycles. The normalized spacial score (nSPS) is 10.7. The van der Waals surface area contributed by atoms with Gasteiger partial charge in [0.05, 0.1) is 17.1 Å². The van der Waals surface area contributed by atoms with Crippen molar-refractivity contribution in [2.24, 2.45) is 0 Å². The van der Waals surface area contributed by atoms with Crippen LogP contribution in [0.3, 0.4) is 0 Å². The minimum Gasteiger partial charge on any atom is -0.426 e. The van der Waals surface area contributed by atoms with Crippen LogP contribution in [0.15, 0.2) is 34.1 Å². The fraction of sp³-hybridized carbons (Fsp3) is 0.286. The molecule has 19 heavy (non-hydrogen) atoms. The summed E-state index contributed by atoms with van der Waals surface area (Å²) in [5, 5.41) is 2.96. The molecule has 0 atom stereocenters. The van der Waals surface area contributed by atoms with Crippen molar-refractivity contribution in [1.82, 2.24) is 4.98 Å². The van der Waals surface area contributed by atoms with Gasteiger partial charge in [0.1, 0.15) is 5.75 Å². The van der Waals surface area contributed by atoms with E-state index in [-0.39, 0.29) is 12.4 Å². The van der Waals surface area contributed by atoms with Crippen LogP contribution in [0, 0.1) is 0 Å². The van der Waals surface area contributed by atoms with E-state index in [4.69, 9.17) is 4.74 Å². The molecule has 0 N–H and O–H groups in total. The fourth-order valence-corrected chi connectivity index (χ4v) is 2.73. The highest BCUT2D eigenvalue weighted by Gasteiger charge is 2.11. The molecular formula is C14H14BrNO2S. The van der Waals surface area contributed by atoms with Gasteiger partial charge in [-0.05, 0) is 18.2 Å². The van der Waals surface area contributed by atoms with Gasteiger partial charge in [0.25, 0.3) is 0 Å². The maximum absolute atomic E-state index is 11.8. The Balaban J connectivity index is 1.97. The average Bonchev–Trinajstić information content (AvgIpc) is 2.77. The molecule has 0 aliphatic carbocycles. The van der Waals surface area contributed by atoms with Gasteiger partial charge in [0.2, 0.25) is 0 Å². The van der Waals surface area contributed by atoms with E-state index in [1.54, 1.807) is 23.5 Å². The number of hydrogen-bond acceptors (Lipinski definition) is 4. The molecule has 0 radical (unpaired) electrons. The topological polar surface area (TPSA) is 39.2 Å². The van der Waals surface area contributed by atoms with Gasteiger partial charge in [-0.15, -0.1) is 11.3 Å². The minimum absolute atomic E-state index is 0.204. The van der Waals surface area contributed by atoms with E-state index in [1.807, 2.05) is 17.5 Å². The quantitative estimate of drug-likeness (QED) is 0.619. The van der Waals surface area contributed by atoms with Crippen molar-refractivity contribution in [2.45, 2.75) is 26.2 Å². The average molecular weight is 340 g/mol. The number of aromatic nitrogens is 1. The lowest BCUT2D eigenvalue weighted by atomic mass is 10.2. The second-order valence-corrected chi connectivity index (χ2v) is 6.25. The molecule has 0 bridgehead atoms.